The quantitative estimate of drug-likeness (QED) is 0.171. The van der Waals surface area contributed by atoms with Crippen LogP contribution in [-0.4, -0.2) is 19.3 Å². The van der Waals surface area contributed by atoms with Crippen molar-refractivity contribution in [2.24, 2.45) is 0 Å². The lowest BCUT2D eigenvalue weighted by Crippen LogP contribution is -2.13. The minimum absolute atomic E-state index is 0.00547. The Morgan fingerprint density at radius 1 is 0.660 bits per heavy atom. The van der Waals surface area contributed by atoms with Gasteiger partial charge in [0.15, 0.2) is 0 Å². The Hall–Kier alpha value is -5.16. The van der Waals surface area contributed by atoms with Crippen LogP contribution in [0.25, 0.3) is 44.4 Å². The summed E-state index contributed by atoms with van der Waals surface area (Å²) in [6.45, 7) is 20.0. The molecule has 3 aromatic heterocycles. The van der Waals surface area contributed by atoms with Crippen LogP contribution < -0.4 is 4.74 Å². The molecule has 0 unspecified atom stereocenters. The predicted molar refractivity (Wildman–Crippen MR) is 209 cm³/mol. The summed E-state index contributed by atoms with van der Waals surface area (Å²) in [6, 6.07) is 34.7. The Morgan fingerprint density at radius 2 is 1.38 bits per heavy atom. The number of para-hydroxylation sites is 1. The van der Waals surface area contributed by atoms with Gasteiger partial charge in [-0.05, 0) is 89.8 Å². The molecular weight excluding hydrogens is 613 g/mol. The molecule has 0 amide bonds. The first-order valence-electron chi connectivity index (χ1n) is 17.9. The number of nitrogens with zero attached hydrogens (tertiary/aromatic N) is 4. The third kappa shape index (κ3) is 6.10. The molecule has 5 nitrogen and oxygen atoms in total. The smallest absolute Gasteiger partial charge is 0.137 e. The molecule has 0 N–H and O–H groups in total. The average Bonchev–Trinajstić information content (AvgIpc) is 3.63. The molecule has 0 saturated carbocycles. The number of aryl methyl sites for hydroxylation is 2. The molecule has 4 aromatic carbocycles. The van der Waals surface area contributed by atoms with Gasteiger partial charge in [-0.1, -0.05) is 103 Å². The Bertz CT molecular complexity index is 2340. The Kier molecular flexibility index (Phi) is 8.42. The molecule has 7 aromatic rings. The molecule has 50 heavy (non-hydrogen) atoms. The Labute approximate surface area is 296 Å². The van der Waals surface area contributed by atoms with Crippen molar-refractivity contribution in [1.82, 2.24) is 19.3 Å². The van der Waals surface area contributed by atoms with Crippen molar-refractivity contribution in [1.29, 1.82) is 0 Å². The second-order valence-corrected chi connectivity index (χ2v) is 15.5. The predicted octanol–water partition coefficient (Wildman–Crippen LogP) is 11.9. The van der Waals surface area contributed by atoms with Gasteiger partial charge in [0.1, 0.15) is 17.3 Å². The summed E-state index contributed by atoms with van der Waals surface area (Å²) in [5.74, 6) is 2.46. The van der Waals surface area contributed by atoms with Gasteiger partial charge in [0.2, 0.25) is 0 Å². The van der Waals surface area contributed by atoms with E-state index in [2.05, 4.69) is 169 Å². The monoisotopic (exact) mass is 660 g/mol. The van der Waals surface area contributed by atoms with Crippen LogP contribution in [0.2, 0.25) is 0 Å². The lowest BCUT2D eigenvalue weighted by Gasteiger charge is -2.22. The molecule has 5 heteroatoms. The second-order valence-electron chi connectivity index (χ2n) is 15.5. The van der Waals surface area contributed by atoms with Crippen molar-refractivity contribution >= 4 is 21.8 Å². The van der Waals surface area contributed by atoms with Crippen LogP contribution in [0.15, 0.2) is 103 Å². The maximum atomic E-state index is 6.81. The Morgan fingerprint density at radius 3 is 2.08 bits per heavy atom. The number of hydrogen-bond acceptors (Lipinski definition) is 3. The molecule has 0 aliphatic rings. The second kappa shape index (κ2) is 12.6. The summed E-state index contributed by atoms with van der Waals surface area (Å²) in [6.07, 6.45) is 3.63. The Balaban J connectivity index is 1.37. The number of ether oxygens (including phenoxy) is 1. The van der Waals surface area contributed by atoms with E-state index in [0.717, 1.165) is 52.6 Å². The van der Waals surface area contributed by atoms with Gasteiger partial charge in [0.05, 0.1) is 28.1 Å². The third-order valence-electron chi connectivity index (χ3n) is 9.79. The molecule has 3 heterocycles. The fourth-order valence-corrected chi connectivity index (χ4v) is 6.95. The fraction of sp³-hybridized carbons (Fsp3) is 0.289. The van der Waals surface area contributed by atoms with E-state index in [0.29, 0.717) is 0 Å². The number of aromatic nitrogens is 4. The number of pyridine rings is 1. The molecule has 0 saturated heterocycles. The highest BCUT2D eigenvalue weighted by Crippen LogP contribution is 2.38. The highest BCUT2D eigenvalue weighted by atomic mass is 16.5. The van der Waals surface area contributed by atoms with Gasteiger partial charge in [-0.2, -0.15) is 5.10 Å². The fourth-order valence-electron chi connectivity index (χ4n) is 6.95. The first kappa shape index (κ1) is 33.3. The van der Waals surface area contributed by atoms with E-state index in [4.69, 9.17) is 14.8 Å². The van der Waals surface area contributed by atoms with Gasteiger partial charge in [0, 0.05) is 34.7 Å². The van der Waals surface area contributed by atoms with Gasteiger partial charge in [-0.3, -0.25) is 4.57 Å². The zero-order valence-electron chi connectivity index (χ0n) is 30.9. The lowest BCUT2D eigenvalue weighted by atomic mass is 9.86. The van der Waals surface area contributed by atoms with E-state index >= 15 is 0 Å². The number of hydrogen-bond donors (Lipinski definition) is 0. The average molecular weight is 661 g/mol. The van der Waals surface area contributed by atoms with Crippen molar-refractivity contribution < 1.29 is 4.74 Å². The van der Waals surface area contributed by atoms with Crippen LogP contribution in [0.1, 0.15) is 83.5 Å². The number of rotatable bonds is 7. The summed E-state index contributed by atoms with van der Waals surface area (Å²) >= 11 is 0. The topological polar surface area (TPSA) is 44.9 Å². The summed E-state index contributed by atoms with van der Waals surface area (Å²) < 4.78 is 11.2. The molecule has 0 radical (unpaired) electrons. The minimum Gasteiger partial charge on any atom is -0.457 e. The normalized spacial score (nSPS) is 12.3. The standard InChI is InChI=1S/C45H48N4O/c1-10-38-43(30-18-16-29(3)17-19-30)39(11-2)49(47-38)33-24-32(45(7,8)9)25-35(27-33)50-34-20-21-37-36-14-12-13-15-40(36)48(41(37)28-34)42-26-31(22-23-46-42)44(4,5)6/h12-28H,10-11H2,1-9H3. The van der Waals surface area contributed by atoms with Gasteiger partial charge in [-0.15, -0.1) is 0 Å². The summed E-state index contributed by atoms with van der Waals surface area (Å²) in [7, 11) is 0. The minimum atomic E-state index is -0.0961. The molecule has 0 atom stereocenters. The molecule has 0 aliphatic heterocycles. The van der Waals surface area contributed by atoms with E-state index in [1.807, 2.05) is 6.20 Å². The van der Waals surface area contributed by atoms with Gasteiger partial charge >= 0.3 is 0 Å². The highest BCUT2D eigenvalue weighted by molar-refractivity contribution is 6.09. The SMILES string of the molecule is CCc1nn(-c2cc(Oc3ccc4c5ccccc5n(-c5cc(C(C)(C)C)ccn5)c4c3)cc(C(C)(C)C)c2)c(CC)c1-c1ccc(C)cc1. The lowest BCUT2D eigenvalue weighted by molar-refractivity contribution is 0.478. The van der Waals surface area contributed by atoms with Crippen molar-refractivity contribution in [3.63, 3.8) is 0 Å². The van der Waals surface area contributed by atoms with E-state index in [1.54, 1.807) is 0 Å². The molecule has 0 aliphatic carbocycles. The summed E-state index contributed by atoms with van der Waals surface area (Å²) in [5.41, 5.74) is 11.6. The number of benzene rings is 4. The molecular formula is C45H48N4O. The first-order chi connectivity index (χ1) is 23.9. The maximum absolute atomic E-state index is 6.81. The van der Waals surface area contributed by atoms with Crippen molar-refractivity contribution in [3.05, 3.63) is 131 Å². The van der Waals surface area contributed by atoms with Crippen molar-refractivity contribution in [2.75, 3.05) is 0 Å². The van der Waals surface area contributed by atoms with Gasteiger partial charge < -0.3 is 4.74 Å². The molecule has 7 rings (SSSR count). The van der Waals surface area contributed by atoms with Crippen LogP contribution in [0.3, 0.4) is 0 Å². The summed E-state index contributed by atoms with van der Waals surface area (Å²) in [5, 5.41) is 7.58. The zero-order chi connectivity index (χ0) is 35.4. The largest absolute Gasteiger partial charge is 0.457 e. The maximum Gasteiger partial charge on any atom is 0.137 e. The number of fused-ring (bicyclic) bond motifs is 3. The van der Waals surface area contributed by atoms with E-state index < -0.39 is 0 Å². The summed E-state index contributed by atoms with van der Waals surface area (Å²) in [4.78, 5) is 4.86. The van der Waals surface area contributed by atoms with Gasteiger partial charge in [0.25, 0.3) is 0 Å². The van der Waals surface area contributed by atoms with Crippen LogP contribution >= 0.6 is 0 Å². The van der Waals surface area contributed by atoms with Gasteiger partial charge in [-0.25, -0.2) is 9.67 Å². The van der Waals surface area contributed by atoms with E-state index in [-0.39, 0.29) is 10.8 Å². The van der Waals surface area contributed by atoms with Crippen LogP contribution in [0, 0.1) is 6.92 Å². The van der Waals surface area contributed by atoms with Crippen molar-refractivity contribution in [2.45, 2.75) is 86.0 Å². The van der Waals surface area contributed by atoms with E-state index in [9.17, 15) is 0 Å². The van der Waals surface area contributed by atoms with Crippen LogP contribution in [0.4, 0.5) is 0 Å². The molecule has 0 spiro atoms. The van der Waals surface area contributed by atoms with Crippen LogP contribution in [-0.2, 0) is 23.7 Å². The third-order valence-corrected chi connectivity index (χ3v) is 9.79. The zero-order valence-corrected chi connectivity index (χ0v) is 30.9. The van der Waals surface area contributed by atoms with Crippen molar-refractivity contribution in [3.8, 4) is 34.1 Å². The molecule has 0 bridgehead atoms. The molecule has 0 fully saturated rings. The van der Waals surface area contributed by atoms with E-state index in [1.165, 1.54) is 44.3 Å². The first-order valence-corrected chi connectivity index (χ1v) is 17.9. The molecule has 254 valence electrons. The van der Waals surface area contributed by atoms with Crippen LogP contribution in [0.5, 0.6) is 11.5 Å². The highest BCUT2D eigenvalue weighted by Gasteiger charge is 2.23.